The van der Waals surface area contributed by atoms with Gasteiger partial charge in [0, 0.05) is 37.8 Å². The smallest absolute Gasteiger partial charge is 0.282 e. The molecular weight excluding hydrogens is 464 g/mol. The quantitative estimate of drug-likeness (QED) is 0.425. The van der Waals surface area contributed by atoms with Crippen LogP contribution in [0.1, 0.15) is 17.5 Å². The Morgan fingerprint density at radius 2 is 1.69 bits per heavy atom. The van der Waals surface area contributed by atoms with Crippen LogP contribution in [0.2, 0.25) is 0 Å². The maximum atomic E-state index is 13.2. The van der Waals surface area contributed by atoms with Gasteiger partial charge in [0.2, 0.25) is 10.0 Å². The lowest BCUT2D eigenvalue weighted by atomic mass is 10.1. The normalized spacial score (nSPS) is 17.1. The molecule has 180 valence electrons. The fourth-order valence-electron chi connectivity index (χ4n) is 4.93. The van der Waals surface area contributed by atoms with Gasteiger partial charge in [-0.3, -0.25) is 9.69 Å². The molecule has 0 unspecified atom stereocenters. The zero-order valence-electron chi connectivity index (χ0n) is 19.2. The molecule has 4 aromatic rings. The minimum Gasteiger partial charge on any atom is -0.282 e. The summed E-state index contributed by atoms with van der Waals surface area (Å²) in [5.74, 6) is 0. The number of aromatic nitrogens is 4. The van der Waals surface area contributed by atoms with Crippen LogP contribution in [0.25, 0.3) is 16.6 Å². The molecule has 0 atom stereocenters. The van der Waals surface area contributed by atoms with Gasteiger partial charge in [-0.15, -0.1) is 0 Å². The molecule has 1 aliphatic heterocycles. The van der Waals surface area contributed by atoms with E-state index in [4.69, 9.17) is 0 Å². The van der Waals surface area contributed by atoms with Crippen LogP contribution in [0, 0.1) is 0 Å². The summed E-state index contributed by atoms with van der Waals surface area (Å²) >= 11 is 0. The van der Waals surface area contributed by atoms with Crippen molar-refractivity contribution >= 4 is 20.9 Å². The minimum absolute atomic E-state index is 0.259. The molecule has 0 amide bonds. The number of nitrogens with zero attached hydrogens (tertiary/aromatic N) is 6. The monoisotopic (exact) mass is 490 g/mol. The summed E-state index contributed by atoms with van der Waals surface area (Å²) in [5, 5.41) is 9.49. The topological polar surface area (TPSA) is 93.3 Å². The van der Waals surface area contributed by atoms with E-state index in [0.717, 1.165) is 30.5 Å². The average molecular weight is 491 g/mol. The standard InChI is InChI=1S/C25H26N6O3S/c32-25-24-21(17-30(27-24)22-7-2-1-3-8-22)16-26-31(25)18-28-11-13-29(14-12-28)35(33,34)23-10-9-19-5-4-6-20(19)15-23/h1-3,7-10,15-17H,4-6,11-14,18H2. The van der Waals surface area contributed by atoms with Crippen molar-refractivity contribution < 1.29 is 8.42 Å². The van der Waals surface area contributed by atoms with Crippen LogP contribution in [0.5, 0.6) is 0 Å². The summed E-state index contributed by atoms with van der Waals surface area (Å²) < 4.78 is 31.0. The van der Waals surface area contributed by atoms with Gasteiger partial charge in [-0.1, -0.05) is 24.3 Å². The fourth-order valence-corrected chi connectivity index (χ4v) is 6.40. The Morgan fingerprint density at radius 3 is 2.49 bits per heavy atom. The summed E-state index contributed by atoms with van der Waals surface area (Å²) in [6.07, 6.45) is 6.51. The van der Waals surface area contributed by atoms with E-state index < -0.39 is 10.0 Å². The largest absolute Gasteiger partial charge is 0.296 e. The number of benzene rings is 2. The van der Waals surface area contributed by atoms with Gasteiger partial charge >= 0.3 is 0 Å². The van der Waals surface area contributed by atoms with E-state index in [9.17, 15) is 13.2 Å². The Labute approximate surface area is 203 Å². The summed E-state index contributed by atoms with van der Waals surface area (Å²) in [6.45, 7) is 2.08. The molecule has 2 aromatic carbocycles. The molecule has 0 N–H and O–H groups in total. The molecule has 9 nitrogen and oxygen atoms in total. The number of hydrogen-bond donors (Lipinski definition) is 0. The van der Waals surface area contributed by atoms with Crippen molar-refractivity contribution in [3.05, 3.63) is 82.4 Å². The van der Waals surface area contributed by atoms with Crippen LogP contribution in [0.4, 0.5) is 0 Å². The van der Waals surface area contributed by atoms with Crippen molar-refractivity contribution in [2.45, 2.75) is 30.8 Å². The van der Waals surface area contributed by atoms with Gasteiger partial charge in [0.1, 0.15) is 0 Å². The Kier molecular flexibility index (Phi) is 5.51. The summed E-state index contributed by atoms with van der Waals surface area (Å²) in [7, 11) is -3.53. The Balaban J connectivity index is 1.16. The van der Waals surface area contributed by atoms with Gasteiger partial charge in [-0.2, -0.15) is 14.5 Å². The molecule has 1 fully saturated rings. The van der Waals surface area contributed by atoms with Crippen molar-refractivity contribution in [2.24, 2.45) is 0 Å². The zero-order valence-corrected chi connectivity index (χ0v) is 20.1. The lowest BCUT2D eigenvalue weighted by molar-refractivity contribution is 0.143. The van der Waals surface area contributed by atoms with Crippen molar-refractivity contribution in [3.63, 3.8) is 0 Å². The Hall–Kier alpha value is -3.34. The third-order valence-corrected chi connectivity index (χ3v) is 8.80. The number of piperazine rings is 1. The highest BCUT2D eigenvalue weighted by Crippen LogP contribution is 2.26. The van der Waals surface area contributed by atoms with E-state index in [0.29, 0.717) is 48.6 Å². The van der Waals surface area contributed by atoms with Gasteiger partial charge in [-0.25, -0.2) is 17.8 Å². The second kappa shape index (κ2) is 8.71. The first-order valence-corrected chi connectivity index (χ1v) is 13.3. The van der Waals surface area contributed by atoms with E-state index in [1.165, 1.54) is 10.2 Å². The highest BCUT2D eigenvalue weighted by Gasteiger charge is 2.29. The van der Waals surface area contributed by atoms with Crippen LogP contribution in [0.15, 0.2) is 70.6 Å². The predicted octanol–water partition coefficient (Wildman–Crippen LogP) is 2.03. The Morgan fingerprint density at radius 1 is 0.914 bits per heavy atom. The van der Waals surface area contributed by atoms with Crippen molar-refractivity contribution in [3.8, 4) is 5.69 Å². The highest BCUT2D eigenvalue weighted by atomic mass is 32.2. The Bertz CT molecular complexity index is 1550. The van der Waals surface area contributed by atoms with E-state index in [1.807, 2.05) is 47.4 Å². The second-order valence-electron chi connectivity index (χ2n) is 9.11. The van der Waals surface area contributed by atoms with E-state index >= 15 is 0 Å². The fraction of sp³-hybridized carbons (Fsp3) is 0.320. The van der Waals surface area contributed by atoms with E-state index in [2.05, 4.69) is 10.2 Å². The maximum Gasteiger partial charge on any atom is 0.296 e. The summed E-state index contributed by atoms with van der Waals surface area (Å²) in [6, 6.07) is 15.2. The third-order valence-electron chi connectivity index (χ3n) is 6.91. The van der Waals surface area contributed by atoms with Crippen LogP contribution in [-0.4, -0.2) is 63.4 Å². The summed E-state index contributed by atoms with van der Waals surface area (Å²) in [5.41, 5.74) is 3.39. The van der Waals surface area contributed by atoms with E-state index in [-0.39, 0.29) is 5.56 Å². The molecule has 1 aliphatic carbocycles. The van der Waals surface area contributed by atoms with Gasteiger partial charge in [0.25, 0.3) is 5.56 Å². The average Bonchev–Trinajstić information content (AvgIpc) is 3.54. The first-order chi connectivity index (χ1) is 17.0. The first-order valence-electron chi connectivity index (χ1n) is 11.8. The highest BCUT2D eigenvalue weighted by molar-refractivity contribution is 7.89. The number of aryl methyl sites for hydroxylation is 2. The lowest BCUT2D eigenvalue weighted by Crippen LogP contribution is -2.49. The van der Waals surface area contributed by atoms with Crippen LogP contribution in [0.3, 0.4) is 0 Å². The van der Waals surface area contributed by atoms with Crippen molar-refractivity contribution in [1.82, 2.24) is 28.8 Å². The molecular formula is C25H26N6O3S. The van der Waals surface area contributed by atoms with Crippen molar-refractivity contribution in [2.75, 3.05) is 26.2 Å². The van der Waals surface area contributed by atoms with Crippen LogP contribution >= 0.6 is 0 Å². The zero-order chi connectivity index (χ0) is 24.0. The predicted molar refractivity (Wildman–Crippen MR) is 132 cm³/mol. The SMILES string of the molecule is O=c1c2nn(-c3ccccc3)cc2cnn1CN1CCN(S(=O)(=O)c2ccc3c(c2)CCC3)CC1. The second-order valence-corrected chi connectivity index (χ2v) is 11.0. The first kappa shape index (κ1) is 22.1. The lowest BCUT2D eigenvalue weighted by Gasteiger charge is -2.33. The molecule has 0 spiro atoms. The number of rotatable bonds is 5. The van der Waals surface area contributed by atoms with Crippen LogP contribution < -0.4 is 5.56 Å². The molecule has 0 bridgehead atoms. The van der Waals surface area contributed by atoms with Crippen molar-refractivity contribution in [1.29, 1.82) is 0 Å². The molecule has 2 aliphatic rings. The molecule has 2 aromatic heterocycles. The van der Waals surface area contributed by atoms with Crippen LogP contribution in [-0.2, 0) is 29.5 Å². The maximum absolute atomic E-state index is 13.2. The molecule has 1 saturated heterocycles. The number of sulfonamides is 1. The minimum atomic E-state index is -3.53. The summed E-state index contributed by atoms with van der Waals surface area (Å²) in [4.78, 5) is 15.5. The van der Waals surface area contributed by atoms with Gasteiger partial charge < -0.3 is 0 Å². The molecule has 35 heavy (non-hydrogen) atoms. The molecule has 10 heteroatoms. The van der Waals surface area contributed by atoms with Gasteiger partial charge in [0.05, 0.1) is 23.4 Å². The number of hydrogen-bond acceptors (Lipinski definition) is 6. The molecule has 3 heterocycles. The number of para-hydroxylation sites is 1. The molecule has 0 radical (unpaired) electrons. The van der Waals surface area contributed by atoms with Gasteiger partial charge in [-0.05, 0) is 54.7 Å². The molecule has 6 rings (SSSR count). The molecule has 0 saturated carbocycles. The van der Waals surface area contributed by atoms with Gasteiger partial charge in [0.15, 0.2) is 5.52 Å². The van der Waals surface area contributed by atoms with E-state index in [1.54, 1.807) is 27.4 Å². The number of fused-ring (bicyclic) bond motifs is 2. The third kappa shape index (κ3) is 4.07.